The van der Waals surface area contributed by atoms with E-state index in [1.165, 1.54) is 13.8 Å². The number of aryl methyl sites for hydroxylation is 2. The highest BCUT2D eigenvalue weighted by Crippen LogP contribution is 2.27. The van der Waals surface area contributed by atoms with Crippen LogP contribution < -0.4 is 5.32 Å². The quantitative estimate of drug-likeness (QED) is 0.865. The number of aromatic nitrogens is 1. The van der Waals surface area contributed by atoms with Gasteiger partial charge in [0.2, 0.25) is 15.9 Å². The highest BCUT2D eigenvalue weighted by atomic mass is 32.2. The molecule has 1 atom stereocenters. The van der Waals surface area contributed by atoms with Gasteiger partial charge in [0.1, 0.15) is 17.1 Å². The Morgan fingerprint density at radius 3 is 2.62 bits per heavy atom. The van der Waals surface area contributed by atoms with E-state index in [1.807, 2.05) is 0 Å². The summed E-state index contributed by atoms with van der Waals surface area (Å²) in [5.41, 5.74) is 0.205. The molecule has 1 amide bonds. The van der Waals surface area contributed by atoms with E-state index in [9.17, 15) is 26.4 Å². The minimum absolute atomic E-state index is 0.0566. The number of piperidine rings is 1. The lowest BCUT2D eigenvalue weighted by Crippen LogP contribution is -2.47. The van der Waals surface area contributed by atoms with Gasteiger partial charge >= 0.3 is 6.18 Å². The summed E-state index contributed by atoms with van der Waals surface area (Å²) < 4.78 is 67.9. The Balaban J connectivity index is 2.12. The molecule has 1 N–H and O–H groups in total. The van der Waals surface area contributed by atoms with E-state index in [0.717, 1.165) is 4.31 Å². The molecule has 0 aliphatic carbocycles. The highest BCUT2D eigenvalue weighted by Gasteiger charge is 2.37. The number of carbonyl (C=O) groups is 1. The van der Waals surface area contributed by atoms with Crippen LogP contribution in [0.5, 0.6) is 0 Å². The van der Waals surface area contributed by atoms with Gasteiger partial charge in [0.15, 0.2) is 5.76 Å². The lowest BCUT2D eigenvalue weighted by molar-refractivity contribution is -0.141. The van der Waals surface area contributed by atoms with E-state index in [-0.39, 0.29) is 29.4 Å². The van der Waals surface area contributed by atoms with Crippen molar-refractivity contribution in [3.05, 3.63) is 11.5 Å². The summed E-state index contributed by atoms with van der Waals surface area (Å²) in [5.74, 6) is -1.49. The van der Waals surface area contributed by atoms with Gasteiger partial charge in [0.25, 0.3) is 0 Å². The molecule has 2 rings (SSSR count). The van der Waals surface area contributed by atoms with Crippen molar-refractivity contribution in [3.8, 4) is 0 Å². The second-order valence-corrected chi connectivity index (χ2v) is 7.56. The van der Waals surface area contributed by atoms with Gasteiger partial charge in [-0.2, -0.15) is 17.5 Å². The molecular formula is C13H18F3N3O4S. The molecule has 1 saturated heterocycles. The van der Waals surface area contributed by atoms with E-state index in [4.69, 9.17) is 4.52 Å². The highest BCUT2D eigenvalue weighted by molar-refractivity contribution is 7.89. The number of alkyl halides is 3. The summed E-state index contributed by atoms with van der Waals surface area (Å²) >= 11 is 0. The molecule has 24 heavy (non-hydrogen) atoms. The van der Waals surface area contributed by atoms with Crippen LogP contribution in [0, 0.1) is 19.8 Å². The maximum absolute atomic E-state index is 12.7. The zero-order valence-corrected chi connectivity index (χ0v) is 14.0. The molecule has 11 heteroatoms. The molecule has 1 fully saturated rings. The Morgan fingerprint density at radius 1 is 1.42 bits per heavy atom. The first-order chi connectivity index (χ1) is 11.0. The molecule has 0 bridgehead atoms. The molecular weight excluding hydrogens is 351 g/mol. The molecule has 0 unspecified atom stereocenters. The Kier molecular flexibility index (Phi) is 5.23. The summed E-state index contributed by atoms with van der Waals surface area (Å²) in [7, 11) is -3.91. The SMILES string of the molecule is Cc1noc(C)c1S(=O)(=O)N1CCC[C@H](C(=O)NCC(F)(F)F)C1. The van der Waals surface area contributed by atoms with Crippen molar-refractivity contribution >= 4 is 15.9 Å². The largest absolute Gasteiger partial charge is 0.405 e. The van der Waals surface area contributed by atoms with Crippen molar-refractivity contribution in [2.45, 2.75) is 37.8 Å². The molecule has 1 aliphatic rings. The number of nitrogens with zero attached hydrogens (tertiary/aromatic N) is 2. The third-order valence-electron chi connectivity index (χ3n) is 3.78. The van der Waals surface area contributed by atoms with Crippen LogP contribution in [0.2, 0.25) is 0 Å². The molecule has 0 saturated carbocycles. The van der Waals surface area contributed by atoms with E-state index < -0.39 is 34.6 Å². The van der Waals surface area contributed by atoms with Crippen LogP contribution in [0.1, 0.15) is 24.3 Å². The predicted molar refractivity (Wildman–Crippen MR) is 76.5 cm³/mol. The summed E-state index contributed by atoms with van der Waals surface area (Å²) in [6.07, 6.45) is -3.79. The number of amides is 1. The Morgan fingerprint density at radius 2 is 2.08 bits per heavy atom. The van der Waals surface area contributed by atoms with Crippen LogP contribution >= 0.6 is 0 Å². The lowest BCUT2D eigenvalue weighted by atomic mass is 9.99. The summed E-state index contributed by atoms with van der Waals surface area (Å²) in [4.78, 5) is 11.8. The number of halogens is 3. The normalized spacial score (nSPS) is 20.1. The van der Waals surface area contributed by atoms with Crippen molar-refractivity contribution < 1.29 is 30.9 Å². The monoisotopic (exact) mass is 369 g/mol. The molecule has 2 heterocycles. The fourth-order valence-electron chi connectivity index (χ4n) is 2.68. The zero-order chi connectivity index (χ0) is 18.1. The van der Waals surface area contributed by atoms with Gasteiger partial charge in [0, 0.05) is 13.1 Å². The Bertz CT molecular complexity index is 695. The van der Waals surface area contributed by atoms with Gasteiger partial charge in [-0.15, -0.1) is 0 Å². The van der Waals surface area contributed by atoms with Crippen LogP contribution in [0.25, 0.3) is 0 Å². The van der Waals surface area contributed by atoms with Crippen LogP contribution in [0.3, 0.4) is 0 Å². The first kappa shape index (κ1) is 18.7. The second kappa shape index (κ2) is 6.71. The van der Waals surface area contributed by atoms with Gasteiger partial charge in [0.05, 0.1) is 5.92 Å². The molecule has 1 aliphatic heterocycles. The molecule has 1 aromatic rings. The molecule has 1 aromatic heterocycles. The maximum atomic E-state index is 12.7. The average molecular weight is 369 g/mol. The third-order valence-corrected chi connectivity index (χ3v) is 5.89. The minimum Gasteiger partial charge on any atom is -0.360 e. The standard InChI is InChI=1S/C13H18F3N3O4S/c1-8-11(9(2)23-18-8)24(21,22)19-5-3-4-10(6-19)12(20)17-7-13(14,15)16/h10H,3-7H2,1-2H3,(H,17,20)/t10-/m0/s1. The maximum Gasteiger partial charge on any atom is 0.405 e. The van der Waals surface area contributed by atoms with Crippen molar-refractivity contribution in [2.75, 3.05) is 19.6 Å². The zero-order valence-electron chi connectivity index (χ0n) is 13.2. The first-order valence-electron chi connectivity index (χ1n) is 7.30. The number of hydrogen-bond donors (Lipinski definition) is 1. The average Bonchev–Trinajstić information content (AvgIpc) is 2.83. The molecule has 0 spiro atoms. The summed E-state index contributed by atoms with van der Waals surface area (Å²) in [5, 5.41) is 5.41. The molecule has 7 nitrogen and oxygen atoms in total. The van der Waals surface area contributed by atoms with Gasteiger partial charge in [-0.25, -0.2) is 8.42 Å². The smallest absolute Gasteiger partial charge is 0.360 e. The minimum atomic E-state index is -4.51. The fourth-order valence-corrected chi connectivity index (χ4v) is 4.49. The lowest BCUT2D eigenvalue weighted by Gasteiger charge is -2.31. The van der Waals surface area contributed by atoms with E-state index in [0.29, 0.717) is 12.8 Å². The van der Waals surface area contributed by atoms with Crippen LogP contribution in [-0.2, 0) is 14.8 Å². The molecule has 136 valence electrons. The van der Waals surface area contributed by atoms with Gasteiger partial charge in [-0.3, -0.25) is 4.79 Å². The Hall–Kier alpha value is -1.62. The number of nitrogens with one attached hydrogen (secondary N) is 1. The van der Waals surface area contributed by atoms with Crippen molar-refractivity contribution in [1.29, 1.82) is 0 Å². The number of hydrogen-bond acceptors (Lipinski definition) is 5. The van der Waals surface area contributed by atoms with Crippen LogP contribution in [0.4, 0.5) is 13.2 Å². The van der Waals surface area contributed by atoms with Gasteiger partial charge in [-0.05, 0) is 26.7 Å². The number of rotatable bonds is 4. The first-order valence-corrected chi connectivity index (χ1v) is 8.74. The molecule has 0 radical (unpaired) electrons. The van der Waals surface area contributed by atoms with Crippen LogP contribution in [-0.4, -0.2) is 49.6 Å². The van der Waals surface area contributed by atoms with Gasteiger partial charge in [-0.1, -0.05) is 5.16 Å². The van der Waals surface area contributed by atoms with Gasteiger partial charge < -0.3 is 9.84 Å². The molecule has 0 aromatic carbocycles. The van der Waals surface area contributed by atoms with Crippen LogP contribution in [0.15, 0.2) is 9.42 Å². The van der Waals surface area contributed by atoms with Crippen molar-refractivity contribution in [3.63, 3.8) is 0 Å². The number of sulfonamides is 1. The Labute approximate surface area is 137 Å². The van der Waals surface area contributed by atoms with E-state index >= 15 is 0 Å². The van der Waals surface area contributed by atoms with Crippen molar-refractivity contribution in [2.24, 2.45) is 5.92 Å². The van der Waals surface area contributed by atoms with E-state index in [1.54, 1.807) is 5.32 Å². The number of carbonyl (C=O) groups excluding carboxylic acids is 1. The summed E-state index contributed by atoms with van der Waals surface area (Å²) in [6, 6.07) is 0. The third kappa shape index (κ3) is 4.07. The predicted octanol–water partition coefficient (Wildman–Crippen LogP) is 1.37. The van der Waals surface area contributed by atoms with E-state index in [2.05, 4.69) is 5.16 Å². The fraction of sp³-hybridized carbons (Fsp3) is 0.692. The van der Waals surface area contributed by atoms with Crippen molar-refractivity contribution in [1.82, 2.24) is 14.8 Å². The topological polar surface area (TPSA) is 92.5 Å². The second-order valence-electron chi connectivity index (χ2n) is 5.69. The summed E-state index contributed by atoms with van der Waals surface area (Å²) in [6.45, 7) is 1.54.